The van der Waals surface area contributed by atoms with Gasteiger partial charge in [0.2, 0.25) is 5.95 Å². The van der Waals surface area contributed by atoms with E-state index in [9.17, 15) is 57.5 Å². The molecular formula is C87H145N23O24P4. The van der Waals surface area contributed by atoms with Gasteiger partial charge in [-0.1, -0.05) is 115 Å². The lowest BCUT2D eigenvalue weighted by molar-refractivity contribution is -0.136. The van der Waals surface area contributed by atoms with Crippen molar-refractivity contribution in [1.29, 1.82) is 0 Å². The molecule has 0 saturated carbocycles. The van der Waals surface area contributed by atoms with Crippen LogP contribution >= 0.6 is 34.1 Å². The Balaban J connectivity index is 0.000000465. The largest absolute Gasteiger partial charge is 0.372 e. The van der Waals surface area contributed by atoms with Gasteiger partial charge in [0.05, 0.1) is 76.7 Å². The summed E-state index contributed by atoms with van der Waals surface area (Å²) < 4.78 is 75.3. The second-order valence-corrected chi connectivity index (χ2v) is 36.3. The van der Waals surface area contributed by atoms with E-state index in [1.54, 1.807) is 64.9 Å². The van der Waals surface area contributed by atoms with Gasteiger partial charge < -0.3 is 71.1 Å². The van der Waals surface area contributed by atoms with Crippen LogP contribution < -0.4 is 60.5 Å². The van der Waals surface area contributed by atoms with E-state index in [1.165, 1.54) is 79.0 Å². The summed E-state index contributed by atoms with van der Waals surface area (Å²) in [6.07, 6.45) is -1.62. The third-order valence-corrected chi connectivity index (χ3v) is 27.6. The van der Waals surface area contributed by atoms with Crippen molar-refractivity contribution in [3.63, 3.8) is 0 Å². The standard InChI is InChI=1S/C20H28N7O6P.C20H28N7O5P.C20H30N5O6P.C19H27N4O7P.8CH4/c1-7-10-13(33-34(21)31-6)9(3)19(32-10)27-14(11-8(2)17(29)26(5)18(11)30)23-12-15(27)24-20(22-4)25-16(12)28;1-7-11-14(32-33(21)30-6)10(3)20(31-11)27-16(12-9(2)18(28)26(5)19(12)29)25-13-15(22-4)23-8-24-17(13)27;1-8-12-15(31-32(21)29-7)10(3)19(30-12)25-11(4)14(16(22-5)23-20(25)28)13-9(2)17(26)24(6)18(13)27;1-7-11-14(30-31(20)28-6)9(3)18(29-11)23-10(4)13(15(24)21-19(23)27)12-8(2)16(25)22(5)17(12)26;;;;;;;;/h9-10,13,19H,7,21H2,1-6H3,(H2,22,24,25,28);8,10-11,14,20H,7,21H2,1-6H3,(H,22,23,24);10,12,15,19H,8,21H2,1-7H3,(H,22,23,28);9,11,14,18H,7,20H2,1-6H3,(H,21,24,27);8*1H4. The lowest BCUT2D eigenvalue weighted by atomic mass is 9.98. The molecule has 4 saturated heterocycles. The maximum atomic E-state index is 13.1. The Morgan fingerprint density at radius 1 is 0.377 bits per heavy atom. The molecule has 0 bridgehead atoms. The van der Waals surface area contributed by atoms with Gasteiger partial charge in [0, 0.05) is 141 Å². The monoisotopic (exact) mass is 2020 g/mol. The Morgan fingerprint density at radius 3 is 1.01 bits per heavy atom. The Bertz CT molecular complexity index is 5860. The number of aromatic amines is 2. The van der Waals surface area contributed by atoms with E-state index in [-0.39, 0.29) is 205 Å². The molecule has 6 aromatic heterocycles. The quantitative estimate of drug-likeness (QED) is 0.0171. The first-order valence-electron chi connectivity index (χ1n) is 41.6. The normalized spacial score (nSPS) is 25.3. The van der Waals surface area contributed by atoms with Crippen LogP contribution in [0.1, 0.15) is 227 Å². The zero-order chi connectivity index (χ0) is 96.0. The molecule has 51 heteroatoms. The van der Waals surface area contributed by atoms with E-state index in [1.807, 2.05) is 55.4 Å². The van der Waals surface area contributed by atoms with Gasteiger partial charge in [0.25, 0.3) is 92.5 Å². The van der Waals surface area contributed by atoms with Crippen LogP contribution in [0.4, 0.5) is 17.6 Å². The van der Waals surface area contributed by atoms with Crippen molar-refractivity contribution in [2.45, 2.75) is 256 Å². The number of hydrogen-bond donors (Lipinski definition) is 9. The molecular weight excluding hydrogens is 1870 g/mol. The van der Waals surface area contributed by atoms with E-state index in [4.69, 9.17) is 82.1 Å². The Hall–Kier alpha value is -9.54. The third-order valence-electron chi connectivity index (χ3n) is 24.4. The average Bonchev–Trinajstić information content (AvgIpc) is 1.57. The molecule has 0 spiro atoms. The Labute approximate surface area is 810 Å². The van der Waals surface area contributed by atoms with Crippen molar-refractivity contribution < 1.29 is 93.5 Å². The number of hydrogen-bond acceptors (Lipinski definition) is 37. The summed E-state index contributed by atoms with van der Waals surface area (Å²) in [5, 5.41) is 8.70. The van der Waals surface area contributed by atoms with Crippen molar-refractivity contribution >= 4 is 144 Å². The van der Waals surface area contributed by atoms with Crippen LogP contribution in [0.5, 0.6) is 0 Å². The van der Waals surface area contributed by atoms with Gasteiger partial charge in [-0.25, -0.2) is 29.5 Å². The molecule has 20 unspecified atom stereocenters. The number of fused-ring (bicyclic) bond motifs is 2. The summed E-state index contributed by atoms with van der Waals surface area (Å²) in [4.78, 5) is 188. The molecule has 8 aliphatic rings. The van der Waals surface area contributed by atoms with Gasteiger partial charge in [-0.15, -0.1) is 0 Å². The molecule has 772 valence electrons. The summed E-state index contributed by atoms with van der Waals surface area (Å²) in [7, 11) is 10.1. The molecule has 8 aliphatic heterocycles. The second-order valence-electron chi connectivity index (χ2n) is 31.7. The van der Waals surface area contributed by atoms with Crippen LogP contribution in [0.3, 0.4) is 0 Å². The van der Waals surface area contributed by atoms with Gasteiger partial charge in [0.1, 0.15) is 37.1 Å². The van der Waals surface area contributed by atoms with Crippen LogP contribution in [-0.2, 0) is 93.5 Å². The van der Waals surface area contributed by atoms with Gasteiger partial charge >= 0.3 is 11.4 Å². The molecule has 13 N–H and O–H groups in total. The number of rotatable bonds is 27. The lowest BCUT2D eigenvalue weighted by Crippen LogP contribution is -2.39. The number of ether oxygens (including phenoxy) is 4. The van der Waals surface area contributed by atoms with Gasteiger partial charge in [-0.2, -0.15) is 9.97 Å². The number of carbonyl (C=O) groups is 8. The molecule has 8 amide bonds. The molecule has 6 aromatic rings. The maximum absolute atomic E-state index is 13.1. The third kappa shape index (κ3) is 22.3. The number of nitrogens with two attached hydrogens (primary N) is 4. The predicted molar refractivity (Wildman–Crippen MR) is 532 cm³/mol. The first kappa shape index (κ1) is 123. The number of carbonyl (C=O) groups excluding carboxylic acids is 8. The van der Waals surface area contributed by atoms with E-state index in [0.717, 1.165) is 19.6 Å². The Morgan fingerprint density at radius 2 is 0.688 bits per heavy atom. The van der Waals surface area contributed by atoms with Crippen molar-refractivity contribution in [3.8, 4) is 0 Å². The van der Waals surface area contributed by atoms with Gasteiger partial charge in [-0.05, 0) is 67.2 Å². The van der Waals surface area contributed by atoms with Crippen molar-refractivity contribution in [2.75, 3.05) is 93.7 Å². The van der Waals surface area contributed by atoms with Crippen molar-refractivity contribution in [3.05, 3.63) is 104 Å². The van der Waals surface area contributed by atoms with Crippen LogP contribution in [0.2, 0.25) is 0 Å². The summed E-state index contributed by atoms with van der Waals surface area (Å²) in [5.41, 5.74) is 24.9. The average molecular weight is 2020 g/mol. The minimum Gasteiger partial charge on any atom is -0.372 e. The molecule has 14 rings (SSSR count). The number of nitrogens with zero attached hydrogens (tertiary/aromatic N) is 14. The number of amides is 8. The SMILES string of the molecule is C.C.C.C.C.C.C.C.CCC1OC(n2c(C)c(C3=C(C)C(=O)N(C)C3=O)c(=O)[nH]c2=O)C(C)C1OP(N)OC.CCC1OC(n2c(C)c(C3=C(C)C(=O)N(C)C3=O)c(NC)nc2=O)C(C)C1OP(N)OC.CCC1OC(n2c(C3=C(C)C(=O)N(C)C3=O)nc3c(=O)[nH]c(NC)nc32)C(C)C1OP(N)OC.CCC1OC(n2c(C3=C(C)C(=O)N(C)C3=O)nc3c(NC)ncnc32)C(C)C1OP(N)OC. The summed E-state index contributed by atoms with van der Waals surface area (Å²) in [5.74, 6) is -3.31. The highest BCUT2D eigenvalue weighted by atomic mass is 31.2. The predicted octanol–water partition coefficient (Wildman–Crippen LogP) is 10.3. The number of anilines is 3. The fourth-order valence-electron chi connectivity index (χ4n) is 17.3. The zero-order valence-electron chi connectivity index (χ0n) is 76.8. The van der Waals surface area contributed by atoms with Crippen LogP contribution in [0.25, 0.3) is 44.6 Å². The summed E-state index contributed by atoms with van der Waals surface area (Å²) >= 11 is 0. The molecule has 0 aliphatic carbocycles. The molecule has 0 aromatic carbocycles. The molecule has 4 fully saturated rings. The molecule has 47 nitrogen and oxygen atoms in total. The topological polar surface area (TPSA) is 597 Å². The number of likely N-dealkylation sites (N-methyl/N-ethyl adjacent to an activating group) is 4. The number of H-pyrrole nitrogens is 2. The summed E-state index contributed by atoms with van der Waals surface area (Å²) in [6, 6.07) is 0. The number of nitrogens with one attached hydrogen (secondary N) is 5. The van der Waals surface area contributed by atoms with Crippen LogP contribution in [-0.4, -0.2) is 252 Å². The van der Waals surface area contributed by atoms with Gasteiger partial charge in [-0.3, -0.25) is 118 Å². The number of imidazole rings is 2. The highest BCUT2D eigenvalue weighted by Crippen LogP contribution is 2.51. The van der Waals surface area contributed by atoms with Gasteiger partial charge in [0.15, 0.2) is 39.8 Å². The first-order chi connectivity index (χ1) is 61.5. The highest BCUT2D eigenvalue weighted by molar-refractivity contribution is 7.45. The van der Waals surface area contributed by atoms with E-state index >= 15 is 0 Å². The molecule has 138 heavy (non-hydrogen) atoms. The van der Waals surface area contributed by atoms with Crippen LogP contribution in [0, 0.1) is 37.5 Å². The van der Waals surface area contributed by atoms with Crippen LogP contribution in [0.15, 0.2) is 47.8 Å². The Kier molecular flexibility index (Phi) is 44.6. The minimum atomic E-state index is -1.62. The zero-order valence-corrected chi connectivity index (χ0v) is 80.4. The first-order valence-corrected chi connectivity index (χ1v) is 46.6. The van der Waals surface area contributed by atoms with Crippen molar-refractivity contribution in [2.24, 2.45) is 45.7 Å². The fourth-order valence-corrected chi connectivity index (χ4v) is 19.9. The lowest BCUT2D eigenvalue weighted by Gasteiger charge is -2.25. The summed E-state index contributed by atoms with van der Waals surface area (Å²) in [6.45, 7) is 25.0. The molecule has 14 heterocycles. The van der Waals surface area contributed by atoms with E-state index in [2.05, 4.69) is 50.8 Å². The molecule has 20 atom stereocenters. The van der Waals surface area contributed by atoms with Crippen molar-refractivity contribution in [1.82, 2.24) is 77.7 Å². The molecule has 0 radical (unpaired) electrons. The maximum Gasteiger partial charge on any atom is 0.351 e. The number of aromatic nitrogens is 12. The smallest absolute Gasteiger partial charge is 0.351 e. The second kappa shape index (κ2) is 50.2. The minimum absolute atomic E-state index is 0. The van der Waals surface area contributed by atoms with E-state index < -0.39 is 129 Å². The number of imide groups is 4. The van der Waals surface area contributed by atoms with E-state index in [0.29, 0.717) is 70.9 Å². The fraction of sp³-hybridized carbons (Fsp3) is 0.609. The highest BCUT2D eigenvalue weighted by Gasteiger charge is 2.53.